The Morgan fingerprint density at radius 2 is 1.75 bits per heavy atom. The third-order valence-electron chi connectivity index (χ3n) is 5.56. The first kappa shape index (κ1) is 22.6. The van der Waals surface area contributed by atoms with Crippen LogP contribution in [0.2, 0.25) is 10.0 Å². The van der Waals surface area contributed by atoms with Crippen LogP contribution in [0.5, 0.6) is 0 Å². The molecule has 2 aromatic carbocycles. The fourth-order valence-corrected chi connectivity index (χ4v) is 4.11. The molecule has 1 aliphatic carbocycles. The second kappa shape index (κ2) is 9.90. The summed E-state index contributed by atoms with van der Waals surface area (Å²) in [6.07, 6.45) is 3.41. The lowest BCUT2D eigenvalue weighted by Crippen LogP contribution is -2.43. The van der Waals surface area contributed by atoms with Crippen molar-refractivity contribution in [2.24, 2.45) is 0 Å². The van der Waals surface area contributed by atoms with Gasteiger partial charge in [0.25, 0.3) is 5.91 Å². The molecule has 0 radical (unpaired) electrons. The Kier molecular flexibility index (Phi) is 6.98. The number of halogens is 2. The minimum absolute atomic E-state index is 0.0416. The van der Waals surface area contributed by atoms with Crippen molar-refractivity contribution in [3.05, 3.63) is 58.1 Å². The van der Waals surface area contributed by atoms with E-state index in [0.29, 0.717) is 39.9 Å². The molecule has 9 heteroatoms. The number of rotatable bonds is 7. The molecule has 0 aromatic heterocycles. The second-order valence-corrected chi connectivity index (χ2v) is 8.93. The monoisotopic (exact) mass is 474 g/mol. The molecule has 1 aliphatic heterocycles. The number of anilines is 2. The van der Waals surface area contributed by atoms with E-state index in [1.54, 1.807) is 42.5 Å². The zero-order valence-corrected chi connectivity index (χ0v) is 18.9. The Labute approximate surface area is 196 Å². The summed E-state index contributed by atoms with van der Waals surface area (Å²) < 4.78 is 0. The Hall–Kier alpha value is -2.61. The second-order valence-electron chi connectivity index (χ2n) is 8.08. The Morgan fingerprint density at radius 3 is 2.53 bits per heavy atom. The van der Waals surface area contributed by atoms with Crippen LogP contribution in [0.4, 0.5) is 11.4 Å². The number of hydrogen-bond donors (Lipinski definition) is 3. The number of carbonyl (C=O) groups excluding carboxylic acids is 3. The molecule has 32 heavy (non-hydrogen) atoms. The van der Waals surface area contributed by atoms with Gasteiger partial charge in [-0.1, -0.05) is 35.3 Å². The molecular weight excluding hydrogens is 451 g/mol. The first-order valence-corrected chi connectivity index (χ1v) is 11.4. The van der Waals surface area contributed by atoms with Crippen LogP contribution in [0.1, 0.15) is 36.0 Å². The molecule has 4 rings (SSSR count). The standard InChI is InChI=1S/C23H24Cl2N4O3/c24-14-7-10-17(25)19(12-14)28-23(32)20-6-3-11-29(20)13-21(30)27-18-5-2-1-4-16(18)22(31)26-15-8-9-15/h1-2,4-5,7,10,12,15,20H,3,6,8-9,11,13H2,(H,26,31)(H,27,30)(H,28,32). The lowest BCUT2D eigenvalue weighted by Gasteiger charge is -2.23. The molecule has 168 valence electrons. The number of nitrogens with one attached hydrogen (secondary N) is 3. The summed E-state index contributed by atoms with van der Waals surface area (Å²) in [4.78, 5) is 39.9. The van der Waals surface area contributed by atoms with Crippen LogP contribution >= 0.6 is 23.2 Å². The van der Waals surface area contributed by atoms with Crippen molar-refractivity contribution in [1.29, 1.82) is 0 Å². The van der Waals surface area contributed by atoms with E-state index < -0.39 is 6.04 Å². The molecular formula is C23H24Cl2N4O3. The largest absolute Gasteiger partial charge is 0.349 e. The summed E-state index contributed by atoms with van der Waals surface area (Å²) in [5.41, 5.74) is 1.33. The molecule has 2 aliphatic rings. The summed E-state index contributed by atoms with van der Waals surface area (Å²) in [6.45, 7) is 0.665. The Bertz CT molecular complexity index is 1040. The van der Waals surface area contributed by atoms with Gasteiger partial charge in [0, 0.05) is 11.1 Å². The Morgan fingerprint density at radius 1 is 0.969 bits per heavy atom. The van der Waals surface area contributed by atoms with Crippen molar-refractivity contribution in [3.63, 3.8) is 0 Å². The van der Waals surface area contributed by atoms with Crippen LogP contribution < -0.4 is 16.0 Å². The van der Waals surface area contributed by atoms with Gasteiger partial charge >= 0.3 is 0 Å². The van der Waals surface area contributed by atoms with Crippen molar-refractivity contribution in [3.8, 4) is 0 Å². The van der Waals surface area contributed by atoms with Crippen molar-refractivity contribution < 1.29 is 14.4 Å². The quantitative estimate of drug-likeness (QED) is 0.566. The molecule has 2 aromatic rings. The normalized spacial score (nSPS) is 18.2. The average Bonchev–Trinajstić information content (AvgIpc) is 3.45. The molecule has 3 N–H and O–H groups in total. The molecule has 7 nitrogen and oxygen atoms in total. The number of hydrogen-bond acceptors (Lipinski definition) is 4. The average molecular weight is 475 g/mol. The molecule has 1 saturated carbocycles. The van der Waals surface area contributed by atoms with E-state index in [2.05, 4.69) is 16.0 Å². The summed E-state index contributed by atoms with van der Waals surface area (Å²) in [7, 11) is 0. The van der Waals surface area contributed by atoms with Gasteiger partial charge in [0.1, 0.15) is 0 Å². The van der Waals surface area contributed by atoms with E-state index in [0.717, 1.165) is 19.3 Å². The highest BCUT2D eigenvalue weighted by atomic mass is 35.5. The van der Waals surface area contributed by atoms with E-state index in [9.17, 15) is 14.4 Å². The predicted molar refractivity (Wildman–Crippen MR) is 125 cm³/mol. The maximum absolute atomic E-state index is 12.8. The van der Waals surface area contributed by atoms with Crippen LogP contribution in [0.15, 0.2) is 42.5 Å². The lowest BCUT2D eigenvalue weighted by atomic mass is 10.1. The van der Waals surface area contributed by atoms with Crippen LogP contribution in [0, 0.1) is 0 Å². The Balaban J connectivity index is 1.38. The maximum Gasteiger partial charge on any atom is 0.253 e. The number of para-hydroxylation sites is 1. The summed E-state index contributed by atoms with van der Waals surface area (Å²) in [6, 6.07) is 11.6. The van der Waals surface area contributed by atoms with Gasteiger partial charge in [-0.05, 0) is 62.6 Å². The van der Waals surface area contributed by atoms with Gasteiger partial charge in [-0.2, -0.15) is 0 Å². The van der Waals surface area contributed by atoms with Gasteiger partial charge in [-0.25, -0.2) is 0 Å². The van der Waals surface area contributed by atoms with E-state index in [1.807, 2.05) is 4.90 Å². The lowest BCUT2D eigenvalue weighted by molar-refractivity contribution is -0.122. The molecule has 1 unspecified atom stereocenters. The first-order chi connectivity index (χ1) is 15.4. The van der Waals surface area contributed by atoms with Crippen LogP contribution in [0.25, 0.3) is 0 Å². The number of amides is 3. The minimum atomic E-state index is -0.454. The predicted octanol–water partition coefficient (Wildman–Crippen LogP) is 3.93. The topological polar surface area (TPSA) is 90.5 Å². The van der Waals surface area contributed by atoms with E-state index in [4.69, 9.17) is 23.2 Å². The fraction of sp³-hybridized carbons (Fsp3) is 0.348. The zero-order valence-electron chi connectivity index (χ0n) is 17.4. The van der Waals surface area contributed by atoms with E-state index in [1.165, 1.54) is 0 Å². The SMILES string of the molecule is O=C(CN1CCCC1C(=O)Nc1cc(Cl)ccc1Cl)Nc1ccccc1C(=O)NC1CC1. The fourth-order valence-electron chi connectivity index (χ4n) is 3.78. The summed E-state index contributed by atoms with van der Waals surface area (Å²) in [5.74, 6) is -0.707. The highest BCUT2D eigenvalue weighted by Gasteiger charge is 2.32. The van der Waals surface area contributed by atoms with Gasteiger partial charge < -0.3 is 16.0 Å². The highest BCUT2D eigenvalue weighted by molar-refractivity contribution is 6.35. The van der Waals surface area contributed by atoms with Crippen molar-refractivity contribution in [2.75, 3.05) is 23.7 Å². The van der Waals surface area contributed by atoms with Crippen molar-refractivity contribution >= 4 is 52.3 Å². The number of likely N-dealkylation sites (tertiary alicyclic amines) is 1. The van der Waals surface area contributed by atoms with Crippen molar-refractivity contribution in [1.82, 2.24) is 10.2 Å². The minimum Gasteiger partial charge on any atom is -0.349 e. The summed E-state index contributed by atoms with van der Waals surface area (Å²) >= 11 is 12.1. The van der Waals surface area contributed by atoms with E-state index >= 15 is 0 Å². The molecule has 1 atom stereocenters. The number of nitrogens with zero attached hydrogens (tertiary/aromatic N) is 1. The highest BCUT2D eigenvalue weighted by Crippen LogP contribution is 2.27. The third kappa shape index (κ3) is 5.59. The molecule has 0 bridgehead atoms. The first-order valence-electron chi connectivity index (χ1n) is 10.6. The third-order valence-corrected chi connectivity index (χ3v) is 6.12. The van der Waals surface area contributed by atoms with Crippen LogP contribution in [0.3, 0.4) is 0 Å². The maximum atomic E-state index is 12.8. The zero-order chi connectivity index (χ0) is 22.7. The van der Waals surface area contributed by atoms with Gasteiger partial charge in [0.15, 0.2) is 0 Å². The molecule has 3 amide bonds. The summed E-state index contributed by atoms with van der Waals surface area (Å²) in [5, 5.41) is 9.44. The molecule has 0 spiro atoms. The van der Waals surface area contributed by atoms with Gasteiger partial charge in [-0.15, -0.1) is 0 Å². The smallest absolute Gasteiger partial charge is 0.253 e. The molecule has 1 saturated heterocycles. The molecule has 1 heterocycles. The van der Waals surface area contributed by atoms with E-state index in [-0.39, 0.29) is 30.3 Å². The van der Waals surface area contributed by atoms with Gasteiger partial charge in [-0.3, -0.25) is 19.3 Å². The van der Waals surface area contributed by atoms with Gasteiger partial charge in [0.05, 0.1) is 34.5 Å². The number of benzene rings is 2. The van der Waals surface area contributed by atoms with Gasteiger partial charge in [0.2, 0.25) is 11.8 Å². The number of carbonyl (C=O) groups is 3. The van der Waals surface area contributed by atoms with Crippen molar-refractivity contribution in [2.45, 2.75) is 37.8 Å². The van der Waals surface area contributed by atoms with Crippen LogP contribution in [-0.4, -0.2) is 47.8 Å². The molecule has 2 fully saturated rings. The van der Waals surface area contributed by atoms with Crippen LogP contribution in [-0.2, 0) is 9.59 Å².